The van der Waals surface area contributed by atoms with E-state index in [0.717, 1.165) is 19.3 Å². The number of hydrogen-bond acceptors (Lipinski definition) is 5. The van der Waals surface area contributed by atoms with Crippen molar-refractivity contribution in [1.82, 2.24) is 20.1 Å². The van der Waals surface area contributed by atoms with Crippen LogP contribution in [0.5, 0.6) is 0 Å². The molecular formula is C22H36ClN4O4P. The summed E-state index contributed by atoms with van der Waals surface area (Å²) in [5.41, 5.74) is -0.503. The molecule has 0 spiro atoms. The molecule has 3 fully saturated rings. The van der Waals surface area contributed by atoms with E-state index < -0.39 is 35.2 Å². The molecule has 0 aromatic heterocycles. The number of likely N-dealkylation sites (tertiary alicyclic amines) is 1. The van der Waals surface area contributed by atoms with Crippen molar-refractivity contribution >= 4 is 44.7 Å². The van der Waals surface area contributed by atoms with Crippen molar-refractivity contribution in [2.75, 3.05) is 6.54 Å². The minimum Gasteiger partial charge on any atom is -0.344 e. The molecule has 4 unspecified atom stereocenters. The van der Waals surface area contributed by atoms with Gasteiger partial charge in [-0.1, -0.05) is 53.9 Å². The number of nitrogens with zero attached hydrogens (tertiary/aromatic N) is 1. The van der Waals surface area contributed by atoms with E-state index in [4.69, 9.17) is 11.8 Å². The zero-order chi connectivity index (χ0) is 24.0. The van der Waals surface area contributed by atoms with E-state index in [1.807, 2.05) is 30.2 Å². The van der Waals surface area contributed by atoms with Crippen LogP contribution in [0.15, 0.2) is 0 Å². The Morgan fingerprint density at radius 1 is 1.19 bits per heavy atom. The first kappa shape index (κ1) is 25.4. The number of carbonyl (C=O) groups excluding carboxylic acids is 4. The Morgan fingerprint density at radius 3 is 2.28 bits per heavy atom. The molecule has 2 saturated carbocycles. The van der Waals surface area contributed by atoms with E-state index >= 15 is 0 Å². The quantitative estimate of drug-likeness (QED) is 0.275. The van der Waals surface area contributed by atoms with Gasteiger partial charge >= 0.3 is 0 Å². The molecule has 3 aliphatic rings. The van der Waals surface area contributed by atoms with Gasteiger partial charge in [0.05, 0.1) is 6.04 Å². The molecule has 3 rings (SSSR count). The van der Waals surface area contributed by atoms with Crippen LogP contribution >= 0.6 is 21.2 Å². The molecule has 1 saturated heterocycles. The van der Waals surface area contributed by atoms with Gasteiger partial charge in [-0.2, -0.15) is 0 Å². The zero-order valence-electron chi connectivity index (χ0n) is 19.5. The molecular weight excluding hydrogens is 451 g/mol. The third kappa shape index (κ3) is 4.69. The number of halogens is 1. The van der Waals surface area contributed by atoms with Gasteiger partial charge in [0.2, 0.25) is 17.6 Å². The van der Waals surface area contributed by atoms with Crippen LogP contribution in [0, 0.1) is 28.6 Å². The third-order valence-corrected chi connectivity index (χ3v) is 8.24. The second-order valence-electron chi connectivity index (χ2n) is 11.2. The number of fused-ring (bicyclic) bond motifs is 1. The molecule has 0 radical (unpaired) electrons. The van der Waals surface area contributed by atoms with E-state index in [1.54, 1.807) is 4.90 Å². The molecule has 32 heavy (non-hydrogen) atoms. The second kappa shape index (κ2) is 9.19. The Morgan fingerprint density at radius 2 is 1.81 bits per heavy atom. The first-order valence-electron chi connectivity index (χ1n) is 11.4. The van der Waals surface area contributed by atoms with E-state index in [0.29, 0.717) is 18.9 Å². The van der Waals surface area contributed by atoms with Crippen LogP contribution in [0.3, 0.4) is 0 Å². The van der Waals surface area contributed by atoms with Gasteiger partial charge in [-0.15, -0.1) is 0 Å². The van der Waals surface area contributed by atoms with Gasteiger partial charge < -0.3 is 15.3 Å². The molecule has 3 N–H and O–H groups in total. The lowest BCUT2D eigenvalue weighted by Gasteiger charge is -2.37. The molecule has 1 aliphatic heterocycles. The summed E-state index contributed by atoms with van der Waals surface area (Å²) in [6, 6.07) is -2.24. The summed E-state index contributed by atoms with van der Waals surface area (Å²) in [6.45, 7) is 10.4. The smallest absolute Gasteiger partial charge is 0.292 e. The summed E-state index contributed by atoms with van der Waals surface area (Å²) >= 11 is 5.92. The van der Waals surface area contributed by atoms with Crippen molar-refractivity contribution < 1.29 is 19.2 Å². The molecule has 1 heterocycles. The predicted molar refractivity (Wildman–Crippen MR) is 125 cm³/mol. The molecule has 8 nitrogen and oxygen atoms in total. The van der Waals surface area contributed by atoms with Crippen LogP contribution in [0.25, 0.3) is 0 Å². The average molecular weight is 487 g/mol. The fraction of sp³-hybridized carbons (Fsp3) is 0.818. The van der Waals surface area contributed by atoms with E-state index in [-0.39, 0.29) is 29.1 Å². The summed E-state index contributed by atoms with van der Waals surface area (Å²) in [5.74, 6) is -1.45. The summed E-state index contributed by atoms with van der Waals surface area (Å²) in [7, 11) is 2.03. The van der Waals surface area contributed by atoms with Crippen molar-refractivity contribution in [3.63, 3.8) is 0 Å². The molecule has 0 bridgehead atoms. The van der Waals surface area contributed by atoms with Crippen LogP contribution < -0.4 is 15.2 Å². The maximum Gasteiger partial charge on any atom is 0.292 e. The number of Topliss-reactive ketones (excluding diaryl/α,β-unsaturated/α-hetero) is 1. The highest BCUT2D eigenvalue weighted by Gasteiger charge is 2.69. The first-order valence-corrected chi connectivity index (χ1v) is 12.3. The molecule has 10 heteroatoms. The summed E-state index contributed by atoms with van der Waals surface area (Å²) in [5, 5.41) is 5.13. The third-order valence-electron chi connectivity index (χ3n) is 7.76. The Kier molecular flexibility index (Phi) is 7.29. The average Bonchev–Trinajstić information content (AvgIpc) is 3.03. The first-order chi connectivity index (χ1) is 14.8. The maximum atomic E-state index is 13.5. The highest BCUT2D eigenvalue weighted by molar-refractivity contribution is 7.15. The number of amides is 3. The van der Waals surface area contributed by atoms with Gasteiger partial charge in [0.1, 0.15) is 12.1 Å². The molecule has 6 atom stereocenters. The topological polar surface area (TPSA) is 108 Å². The number of ketones is 1. The van der Waals surface area contributed by atoms with Gasteiger partial charge in [0.25, 0.3) is 5.91 Å². The van der Waals surface area contributed by atoms with Gasteiger partial charge in [-0.05, 0) is 56.2 Å². The minimum absolute atomic E-state index is 0.0115. The van der Waals surface area contributed by atoms with Gasteiger partial charge in [0.15, 0.2) is 0 Å². The van der Waals surface area contributed by atoms with Crippen LogP contribution in [-0.2, 0) is 19.2 Å². The summed E-state index contributed by atoms with van der Waals surface area (Å²) < 4.78 is 0. The molecule has 3 amide bonds. The molecule has 180 valence electrons. The van der Waals surface area contributed by atoms with E-state index in [1.165, 1.54) is 0 Å². The van der Waals surface area contributed by atoms with Crippen molar-refractivity contribution in [3.05, 3.63) is 0 Å². The van der Waals surface area contributed by atoms with Crippen molar-refractivity contribution in [3.8, 4) is 0 Å². The Bertz CT molecular complexity index is 795. The number of hydrogen-bond donors (Lipinski definition) is 3. The molecule has 0 aromatic rings. The highest BCUT2D eigenvalue weighted by Crippen LogP contribution is 2.65. The number of piperidine rings is 1. The Labute approximate surface area is 197 Å². The van der Waals surface area contributed by atoms with Crippen LogP contribution in [0.4, 0.5) is 0 Å². The lowest BCUT2D eigenvalue weighted by Crippen LogP contribution is -2.59. The standard InChI is InChI=1S/C22H36ClN4O4P/c1-21(2,3)17(25-23)20(31)27-10-12-14(22(12,4)5)15(27)18(29)24-13(9-11-7-6-8-11)16(28)19(30)26-32/h11-15,17,25H,6-10,32H2,1-5H3,(H,24,29)(H,26,30)/t12?,13?,14?,15-,17+/m0/s1. The molecule has 2 aliphatic carbocycles. The van der Waals surface area contributed by atoms with Crippen LogP contribution in [0.2, 0.25) is 0 Å². The van der Waals surface area contributed by atoms with Crippen LogP contribution in [-0.4, -0.2) is 53.1 Å². The fourth-order valence-corrected chi connectivity index (χ4v) is 5.90. The number of carbonyl (C=O) groups is 4. The van der Waals surface area contributed by atoms with Gasteiger partial charge in [0, 0.05) is 6.54 Å². The van der Waals surface area contributed by atoms with E-state index in [9.17, 15) is 19.2 Å². The van der Waals surface area contributed by atoms with Gasteiger partial charge in [-0.3, -0.25) is 19.2 Å². The minimum atomic E-state index is -0.893. The predicted octanol–water partition coefficient (Wildman–Crippen LogP) is 1.78. The fourth-order valence-electron chi connectivity index (χ4n) is 5.34. The van der Waals surface area contributed by atoms with Crippen molar-refractivity contribution in [2.45, 2.75) is 78.4 Å². The SMILES string of the molecule is CC1(C)C2CN(C(=O)[C@@H](NCl)C(C)(C)C)[C@H](C(=O)NC(CC3CCC3)C(=O)C(=O)NP)C21. The number of nitrogens with one attached hydrogen (secondary N) is 3. The van der Waals surface area contributed by atoms with E-state index in [2.05, 4.69) is 29.1 Å². The monoisotopic (exact) mass is 486 g/mol. The molecule has 0 aromatic carbocycles. The summed E-state index contributed by atoms with van der Waals surface area (Å²) in [4.78, 5) is 55.8. The summed E-state index contributed by atoms with van der Waals surface area (Å²) in [6.07, 6.45) is 3.51. The highest BCUT2D eigenvalue weighted by atomic mass is 35.5. The second-order valence-corrected chi connectivity index (χ2v) is 11.7. The Balaban J connectivity index is 1.82. The van der Waals surface area contributed by atoms with Gasteiger partial charge in [-0.25, -0.2) is 4.84 Å². The van der Waals surface area contributed by atoms with Crippen LogP contribution in [0.1, 0.15) is 60.3 Å². The lowest BCUT2D eigenvalue weighted by atomic mass is 9.80. The van der Waals surface area contributed by atoms with Crippen molar-refractivity contribution in [1.29, 1.82) is 0 Å². The van der Waals surface area contributed by atoms with Crippen molar-refractivity contribution in [2.24, 2.45) is 28.6 Å². The zero-order valence-corrected chi connectivity index (χ0v) is 21.4. The largest absolute Gasteiger partial charge is 0.344 e. The number of rotatable bonds is 8. The Hall–Kier alpha value is -1.24. The normalized spacial score (nSPS) is 28.2. The maximum absolute atomic E-state index is 13.5. The lowest BCUT2D eigenvalue weighted by molar-refractivity contribution is -0.145.